The topological polar surface area (TPSA) is 35.2 Å². The molecule has 0 fully saturated rings. The summed E-state index contributed by atoms with van der Waals surface area (Å²) >= 11 is 1.97. The van der Waals surface area contributed by atoms with Crippen molar-refractivity contribution < 1.29 is 4.74 Å². The summed E-state index contributed by atoms with van der Waals surface area (Å²) in [6.07, 6.45) is 1.07. The molecule has 0 amide bonds. The van der Waals surface area contributed by atoms with Gasteiger partial charge >= 0.3 is 0 Å². The second-order valence-electron chi connectivity index (χ2n) is 4.97. The van der Waals surface area contributed by atoms with Gasteiger partial charge in [0, 0.05) is 16.9 Å². The highest BCUT2D eigenvalue weighted by atomic mass is 32.2. The first kappa shape index (κ1) is 14.4. The molecular formula is C14H23NOS. The SMILES string of the molecule is CC(C)(C)SCCCOc1ccccc1CN. The number of thioether (sulfide) groups is 1. The summed E-state index contributed by atoms with van der Waals surface area (Å²) in [5, 5.41) is 0. The molecule has 0 aliphatic carbocycles. The molecule has 96 valence electrons. The van der Waals surface area contributed by atoms with E-state index in [-0.39, 0.29) is 0 Å². The molecule has 0 saturated carbocycles. The lowest BCUT2D eigenvalue weighted by atomic mass is 10.2. The summed E-state index contributed by atoms with van der Waals surface area (Å²) < 4.78 is 6.09. The minimum Gasteiger partial charge on any atom is -0.493 e. The van der Waals surface area contributed by atoms with Crippen molar-refractivity contribution in [3.8, 4) is 5.75 Å². The van der Waals surface area contributed by atoms with Crippen LogP contribution in [-0.2, 0) is 6.54 Å². The van der Waals surface area contributed by atoms with Crippen LogP contribution >= 0.6 is 11.8 Å². The Morgan fingerprint density at radius 3 is 2.59 bits per heavy atom. The van der Waals surface area contributed by atoms with Gasteiger partial charge in [0.25, 0.3) is 0 Å². The van der Waals surface area contributed by atoms with E-state index in [0.717, 1.165) is 30.1 Å². The average Bonchev–Trinajstić information content (AvgIpc) is 2.27. The summed E-state index contributed by atoms with van der Waals surface area (Å²) in [7, 11) is 0. The predicted octanol–water partition coefficient (Wildman–Crippen LogP) is 3.45. The molecule has 0 unspecified atom stereocenters. The van der Waals surface area contributed by atoms with E-state index < -0.39 is 0 Å². The maximum absolute atomic E-state index is 5.75. The molecule has 17 heavy (non-hydrogen) atoms. The molecule has 0 aromatic heterocycles. The van der Waals surface area contributed by atoms with Crippen LogP contribution in [0.4, 0.5) is 0 Å². The lowest BCUT2D eigenvalue weighted by Gasteiger charge is -2.17. The number of rotatable bonds is 6. The third-order valence-electron chi connectivity index (χ3n) is 2.27. The third kappa shape index (κ3) is 5.99. The molecule has 2 N–H and O–H groups in total. The van der Waals surface area contributed by atoms with E-state index in [2.05, 4.69) is 20.8 Å². The minimum atomic E-state index is 0.342. The van der Waals surface area contributed by atoms with Gasteiger partial charge < -0.3 is 10.5 Å². The van der Waals surface area contributed by atoms with Gasteiger partial charge in [-0.25, -0.2) is 0 Å². The molecule has 0 radical (unpaired) electrons. The minimum absolute atomic E-state index is 0.342. The van der Waals surface area contributed by atoms with Crippen molar-refractivity contribution >= 4 is 11.8 Å². The average molecular weight is 253 g/mol. The molecular weight excluding hydrogens is 230 g/mol. The van der Waals surface area contributed by atoms with Crippen LogP contribution in [0.25, 0.3) is 0 Å². The second-order valence-corrected chi connectivity index (χ2v) is 6.90. The van der Waals surface area contributed by atoms with E-state index in [4.69, 9.17) is 10.5 Å². The lowest BCUT2D eigenvalue weighted by Crippen LogP contribution is -2.10. The maximum atomic E-state index is 5.75. The number of ether oxygens (including phenoxy) is 1. The molecule has 1 rings (SSSR count). The van der Waals surface area contributed by atoms with Crippen LogP contribution in [0.5, 0.6) is 5.75 Å². The monoisotopic (exact) mass is 253 g/mol. The fourth-order valence-corrected chi connectivity index (χ4v) is 2.31. The predicted molar refractivity (Wildman–Crippen MR) is 76.7 cm³/mol. The maximum Gasteiger partial charge on any atom is 0.123 e. The van der Waals surface area contributed by atoms with E-state index >= 15 is 0 Å². The van der Waals surface area contributed by atoms with E-state index in [1.165, 1.54) is 0 Å². The van der Waals surface area contributed by atoms with E-state index in [1.54, 1.807) is 0 Å². The largest absolute Gasteiger partial charge is 0.493 e. The molecule has 0 saturated heterocycles. The van der Waals surface area contributed by atoms with Crippen LogP contribution in [0, 0.1) is 0 Å². The van der Waals surface area contributed by atoms with Crippen molar-refractivity contribution in [3.63, 3.8) is 0 Å². The summed E-state index contributed by atoms with van der Waals surface area (Å²) in [5.74, 6) is 2.06. The lowest BCUT2D eigenvalue weighted by molar-refractivity contribution is 0.315. The fourth-order valence-electron chi connectivity index (χ4n) is 1.43. The van der Waals surface area contributed by atoms with Gasteiger partial charge in [-0.1, -0.05) is 39.0 Å². The zero-order valence-corrected chi connectivity index (χ0v) is 11.8. The number of nitrogens with two attached hydrogens (primary N) is 1. The highest BCUT2D eigenvalue weighted by Gasteiger charge is 2.09. The van der Waals surface area contributed by atoms with Gasteiger partial charge in [-0.3, -0.25) is 0 Å². The first-order valence-corrected chi connectivity index (χ1v) is 7.06. The van der Waals surface area contributed by atoms with Crippen LogP contribution in [-0.4, -0.2) is 17.1 Å². The van der Waals surface area contributed by atoms with E-state index in [9.17, 15) is 0 Å². The fraction of sp³-hybridized carbons (Fsp3) is 0.571. The van der Waals surface area contributed by atoms with Gasteiger partial charge in [-0.15, -0.1) is 0 Å². The van der Waals surface area contributed by atoms with Crippen LogP contribution in [0.1, 0.15) is 32.8 Å². The number of hydrogen-bond donors (Lipinski definition) is 1. The Balaban J connectivity index is 2.27. The Hall–Kier alpha value is -0.670. The summed E-state index contributed by atoms with van der Waals surface area (Å²) in [5.41, 5.74) is 6.73. The van der Waals surface area contributed by atoms with Crippen LogP contribution in [0.15, 0.2) is 24.3 Å². The van der Waals surface area contributed by atoms with Gasteiger partial charge in [-0.2, -0.15) is 11.8 Å². The number of hydrogen-bond acceptors (Lipinski definition) is 3. The Morgan fingerprint density at radius 1 is 1.24 bits per heavy atom. The number of para-hydroxylation sites is 1. The number of benzene rings is 1. The Bertz CT molecular complexity index is 333. The first-order valence-electron chi connectivity index (χ1n) is 6.07. The molecule has 0 bridgehead atoms. The molecule has 0 aliphatic rings. The van der Waals surface area contributed by atoms with Gasteiger partial charge in [0.2, 0.25) is 0 Å². The van der Waals surface area contributed by atoms with E-state index in [0.29, 0.717) is 11.3 Å². The third-order valence-corrected chi connectivity index (χ3v) is 3.63. The molecule has 0 aliphatic heterocycles. The molecule has 1 aromatic rings. The zero-order valence-electron chi connectivity index (χ0n) is 11.0. The smallest absolute Gasteiger partial charge is 0.123 e. The second kappa shape index (κ2) is 6.92. The zero-order chi connectivity index (χ0) is 12.7. The quantitative estimate of drug-likeness (QED) is 0.789. The van der Waals surface area contributed by atoms with E-state index in [1.807, 2.05) is 36.0 Å². The van der Waals surface area contributed by atoms with Crippen molar-refractivity contribution in [1.29, 1.82) is 0 Å². The summed E-state index contributed by atoms with van der Waals surface area (Å²) in [4.78, 5) is 0. The molecule has 3 heteroatoms. The van der Waals surface area contributed by atoms with Crippen molar-refractivity contribution in [2.75, 3.05) is 12.4 Å². The van der Waals surface area contributed by atoms with Gasteiger partial charge in [-0.05, 0) is 18.2 Å². The van der Waals surface area contributed by atoms with Crippen LogP contribution in [0.2, 0.25) is 0 Å². The Labute approximate surface area is 109 Å². The highest BCUT2D eigenvalue weighted by Crippen LogP contribution is 2.24. The van der Waals surface area contributed by atoms with Crippen molar-refractivity contribution in [2.24, 2.45) is 5.73 Å². The van der Waals surface area contributed by atoms with Crippen LogP contribution in [0.3, 0.4) is 0 Å². The Morgan fingerprint density at radius 2 is 1.94 bits per heavy atom. The van der Waals surface area contributed by atoms with Crippen molar-refractivity contribution in [2.45, 2.75) is 38.5 Å². The van der Waals surface area contributed by atoms with Crippen LogP contribution < -0.4 is 10.5 Å². The molecule has 1 aromatic carbocycles. The Kier molecular flexibility index (Phi) is 5.86. The van der Waals surface area contributed by atoms with Gasteiger partial charge in [0.15, 0.2) is 0 Å². The summed E-state index contributed by atoms with van der Waals surface area (Å²) in [6, 6.07) is 7.97. The highest BCUT2D eigenvalue weighted by molar-refractivity contribution is 8.00. The van der Waals surface area contributed by atoms with Gasteiger partial charge in [0.05, 0.1) is 6.61 Å². The first-order chi connectivity index (χ1) is 8.03. The molecule has 0 heterocycles. The molecule has 0 spiro atoms. The molecule has 2 nitrogen and oxygen atoms in total. The molecule has 0 atom stereocenters. The normalized spacial score (nSPS) is 11.5. The summed E-state index contributed by atoms with van der Waals surface area (Å²) in [6.45, 7) is 8.01. The van der Waals surface area contributed by atoms with Crippen molar-refractivity contribution in [1.82, 2.24) is 0 Å². The van der Waals surface area contributed by atoms with Gasteiger partial charge in [0.1, 0.15) is 5.75 Å². The standard InChI is InChI=1S/C14H23NOS/c1-14(2,3)17-10-6-9-16-13-8-5-4-7-12(13)11-15/h4-5,7-8H,6,9-11,15H2,1-3H3. The van der Waals surface area contributed by atoms with Crippen molar-refractivity contribution in [3.05, 3.63) is 29.8 Å².